The molecule has 7 heteroatoms. The zero-order valence-electron chi connectivity index (χ0n) is 19.0. The van der Waals surface area contributed by atoms with Gasteiger partial charge in [-0.25, -0.2) is 0 Å². The van der Waals surface area contributed by atoms with Gasteiger partial charge in [0.25, 0.3) is 5.91 Å². The molecule has 7 nitrogen and oxygen atoms in total. The van der Waals surface area contributed by atoms with E-state index in [9.17, 15) is 9.59 Å². The van der Waals surface area contributed by atoms with E-state index >= 15 is 0 Å². The molecule has 0 saturated heterocycles. The minimum Gasteiger partial charge on any atom is -0.481 e. The van der Waals surface area contributed by atoms with E-state index in [0.29, 0.717) is 23.3 Å². The largest absolute Gasteiger partial charge is 0.481 e. The number of nitrogens with zero attached hydrogens (tertiary/aromatic N) is 2. The van der Waals surface area contributed by atoms with E-state index in [2.05, 4.69) is 39.7 Å². The molecule has 0 bridgehead atoms. The van der Waals surface area contributed by atoms with E-state index in [1.165, 1.54) is 5.56 Å². The van der Waals surface area contributed by atoms with E-state index < -0.39 is 5.97 Å². The maximum absolute atomic E-state index is 12.4. The second-order valence-electron chi connectivity index (χ2n) is 9.09. The van der Waals surface area contributed by atoms with Crippen LogP contribution in [0.1, 0.15) is 79.6 Å². The number of hydrogen-bond donors (Lipinski definition) is 2. The van der Waals surface area contributed by atoms with Crippen molar-refractivity contribution < 1.29 is 19.2 Å². The van der Waals surface area contributed by atoms with E-state index in [1.807, 2.05) is 26.0 Å². The Morgan fingerprint density at radius 2 is 1.82 bits per heavy atom. The fourth-order valence-corrected chi connectivity index (χ4v) is 4.38. The van der Waals surface area contributed by atoms with Gasteiger partial charge in [-0.15, -0.1) is 0 Å². The van der Waals surface area contributed by atoms with Gasteiger partial charge in [0.15, 0.2) is 5.69 Å². The number of pyridine rings is 1. The third kappa shape index (κ3) is 5.66. The highest BCUT2D eigenvalue weighted by molar-refractivity contribution is 6.02. The molecule has 1 aliphatic rings. The fraction of sp³-hybridized carbons (Fsp3) is 0.385. The number of nitrogens with one attached hydrogen (secondary N) is 1. The highest BCUT2D eigenvalue weighted by Crippen LogP contribution is 2.37. The minimum atomic E-state index is -0.695. The van der Waals surface area contributed by atoms with Gasteiger partial charge in [0.1, 0.15) is 5.76 Å². The van der Waals surface area contributed by atoms with Crippen LogP contribution in [-0.4, -0.2) is 27.1 Å². The van der Waals surface area contributed by atoms with Crippen molar-refractivity contribution >= 4 is 17.6 Å². The minimum absolute atomic E-state index is 0.165. The van der Waals surface area contributed by atoms with Crippen LogP contribution in [0, 0.1) is 5.92 Å². The molecule has 33 heavy (non-hydrogen) atoms. The van der Waals surface area contributed by atoms with E-state index in [-0.39, 0.29) is 23.9 Å². The summed E-state index contributed by atoms with van der Waals surface area (Å²) in [5, 5.41) is 15.6. The van der Waals surface area contributed by atoms with Crippen LogP contribution in [0.5, 0.6) is 0 Å². The standard InChI is InChI=1S/C26H29N3O4/c1-16(2)24-14-23(29-33-24)26(32)28-21-11-12-22(27-15-21)20-9-7-19(8-10-20)18-5-3-17(4-6-18)13-25(30)31/h7-12,14-18H,3-6,13H2,1-2H3,(H,28,32)(H,30,31). The first kappa shape index (κ1) is 22.7. The van der Waals surface area contributed by atoms with Crippen molar-refractivity contribution in [3.8, 4) is 11.3 Å². The lowest BCUT2D eigenvalue weighted by Crippen LogP contribution is -2.16. The van der Waals surface area contributed by atoms with Crippen LogP contribution in [0.2, 0.25) is 0 Å². The summed E-state index contributed by atoms with van der Waals surface area (Å²) in [5.74, 6) is 0.607. The number of carbonyl (C=O) groups excluding carboxylic acids is 1. The molecule has 1 saturated carbocycles. The third-order valence-corrected chi connectivity index (χ3v) is 6.34. The average molecular weight is 448 g/mol. The zero-order valence-corrected chi connectivity index (χ0v) is 19.0. The molecular formula is C26H29N3O4. The SMILES string of the molecule is CC(C)c1cc(C(=O)Nc2ccc(-c3ccc(C4CCC(CC(=O)O)CC4)cc3)nc2)no1. The maximum Gasteiger partial charge on any atom is 0.303 e. The Morgan fingerprint density at radius 3 is 2.39 bits per heavy atom. The van der Waals surface area contributed by atoms with Crippen molar-refractivity contribution in [1.29, 1.82) is 0 Å². The number of aliphatic carboxylic acids is 1. The number of benzene rings is 1. The highest BCUT2D eigenvalue weighted by Gasteiger charge is 2.24. The van der Waals surface area contributed by atoms with Gasteiger partial charge in [-0.3, -0.25) is 14.6 Å². The molecule has 2 heterocycles. The van der Waals surface area contributed by atoms with Crippen molar-refractivity contribution in [3.63, 3.8) is 0 Å². The quantitative estimate of drug-likeness (QED) is 0.470. The maximum atomic E-state index is 12.4. The lowest BCUT2D eigenvalue weighted by molar-refractivity contribution is -0.138. The van der Waals surface area contributed by atoms with Gasteiger partial charge in [-0.1, -0.05) is 43.3 Å². The number of carbonyl (C=O) groups is 2. The zero-order chi connectivity index (χ0) is 23.4. The van der Waals surface area contributed by atoms with Gasteiger partial charge in [0.05, 0.1) is 17.6 Å². The van der Waals surface area contributed by atoms with E-state index in [1.54, 1.807) is 12.3 Å². The Morgan fingerprint density at radius 1 is 1.09 bits per heavy atom. The van der Waals surface area contributed by atoms with Gasteiger partial charge in [-0.2, -0.15) is 0 Å². The molecule has 0 unspecified atom stereocenters. The molecule has 2 N–H and O–H groups in total. The second-order valence-corrected chi connectivity index (χ2v) is 9.09. The van der Waals surface area contributed by atoms with Crippen molar-refractivity contribution in [3.05, 3.63) is 65.7 Å². The van der Waals surface area contributed by atoms with Gasteiger partial charge in [0, 0.05) is 24.0 Å². The molecule has 0 aliphatic heterocycles. The first-order valence-electron chi connectivity index (χ1n) is 11.4. The van der Waals surface area contributed by atoms with Crippen LogP contribution in [0.4, 0.5) is 5.69 Å². The first-order valence-corrected chi connectivity index (χ1v) is 11.4. The predicted molar refractivity (Wildman–Crippen MR) is 125 cm³/mol. The van der Waals surface area contributed by atoms with Crippen LogP contribution in [0.3, 0.4) is 0 Å². The smallest absolute Gasteiger partial charge is 0.303 e. The number of anilines is 1. The van der Waals surface area contributed by atoms with Crippen LogP contribution in [0.25, 0.3) is 11.3 Å². The molecule has 1 aliphatic carbocycles. The summed E-state index contributed by atoms with van der Waals surface area (Å²) in [6, 6.07) is 13.8. The Bertz CT molecular complexity index is 1100. The Kier molecular flexibility index (Phi) is 6.87. The Labute approximate surface area is 193 Å². The number of hydrogen-bond acceptors (Lipinski definition) is 5. The molecular weight excluding hydrogens is 418 g/mol. The summed E-state index contributed by atoms with van der Waals surface area (Å²) in [7, 11) is 0. The first-order chi connectivity index (χ1) is 15.9. The van der Waals surface area contributed by atoms with Crippen molar-refractivity contribution in [2.24, 2.45) is 5.92 Å². The Hall–Kier alpha value is -3.48. The molecule has 0 radical (unpaired) electrons. The summed E-state index contributed by atoms with van der Waals surface area (Å²) in [4.78, 5) is 27.8. The van der Waals surface area contributed by atoms with E-state index in [4.69, 9.17) is 9.63 Å². The molecule has 4 rings (SSSR count). The van der Waals surface area contributed by atoms with Gasteiger partial charge in [0.2, 0.25) is 0 Å². The number of carboxylic acids is 1. The third-order valence-electron chi connectivity index (χ3n) is 6.34. The molecule has 0 atom stereocenters. The van der Waals surface area contributed by atoms with Crippen molar-refractivity contribution in [2.45, 2.75) is 57.8 Å². The highest BCUT2D eigenvalue weighted by atomic mass is 16.5. The van der Waals surface area contributed by atoms with Gasteiger partial charge < -0.3 is 14.9 Å². The van der Waals surface area contributed by atoms with Crippen molar-refractivity contribution in [1.82, 2.24) is 10.1 Å². The molecule has 1 fully saturated rings. The monoisotopic (exact) mass is 447 g/mol. The number of rotatable bonds is 7. The van der Waals surface area contributed by atoms with Crippen LogP contribution in [-0.2, 0) is 4.79 Å². The van der Waals surface area contributed by atoms with Crippen LogP contribution >= 0.6 is 0 Å². The topological polar surface area (TPSA) is 105 Å². The number of carboxylic acid groups (broad SMARTS) is 1. The fourth-order valence-electron chi connectivity index (χ4n) is 4.38. The van der Waals surface area contributed by atoms with Gasteiger partial charge in [-0.05, 0) is 55.2 Å². The molecule has 3 aromatic rings. The second kappa shape index (κ2) is 9.98. The summed E-state index contributed by atoms with van der Waals surface area (Å²) in [6.07, 6.45) is 5.93. The predicted octanol–water partition coefficient (Wildman–Crippen LogP) is 5.86. The lowest BCUT2D eigenvalue weighted by Gasteiger charge is -2.28. The average Bonchev–Trinajstić information content (AvgIpc) is 3.31. The molecule has 172 valence electrons. The number of amides is 1. The normalized spacial score (nSPS) is 18.3. The molecule has 2 aromatic heterocycles. The van der Waals surface area contributed by atoms with Gasteiger partial charge >= 0.3 is 5.97 Å². The van der Waals surface area contributed by atoms with Crippen LogP contribution < -0.4 is 5.32 Å². The molecule has 0 spiro atoms. The van der Waals surface area contributed by atoms with Crippen LogP contribution in [0.15, 0.2) is 53.2 Å². The summed E-state index contributed by atoms with van der Waals surface area (Å²) in [6.45, 7) is 3.95. The molecule has 1 aromatic carbocycles. The number of aromatic nitrogens is 2. The summed E-state index contributed by atoms with van der Waals surface area (Å²) in [5.41, 5.74) is 3.97. The molecule has 1 amide bonds. The lowest BCUT2D eigenvalue weighted by atomic mass is 9.77. The Balaban J connectivity index is 1.35. The summed E-state index contributed by atoms with van der Waals surface area (Å²) >= 11 is 0. The summed E-state index contributed by atoms with van der Waals surface area (Å²) < 4.78 is 5.19. The van der Waals surface area contributed by atoms with Crippen molar-refractivity contribution in [2.75, 3.05) is 5.32 Å². The van der Waals surface area contributed by atoms with E-state index in [0.717, 1.165) is 36.9 Å².